The molecule has 0 bridgehead atoms. The second-order valence-electron chi connectivity index (χ2n) is 8.87. The van der Waals surface area contributed by atoms with E-state index >= 15 is 0 Å². The van der Waals surface area contributed by atoms with E-state index in [9.17, 15) is 18.4 Å². The van der Waals surface area contributed by atoms with Gasteiger partial charge in [0, 0.05) is 32.6 Å². The Morgan fingerprint density at radius 2 is 1.91 bits per heavy atom. The van der Waals surface area contributed by atoms with E-state index in [4.69, 9.17) is 5.73 Å². The highest BCUT2D eigenvalue weighted by atomic mass is 32.1. The second-order valence-corrected chi connectivity index (χ2v) is 9.90. The first-order valence-corrected chi connectivity index (χ1v) is 12.0. The molecular formula is C23H27F2N7O2S. The molecule has 12 heteroatoms. The summed E-state index contributed by atoms with van der Waals surface area (Å²) >= 11 is 0.840. The van der Waals surface area contributed by atoms with Crippen molar-refractivity contribution in [2.24, 2.45) is 7.05 Å². The number of carbonyl (C=O) groups is 2. The number of hydrogen-bond donors (Lipinski definition) is 3. The van der Waals surface area contributed by atoms with E-state index in [2.05, 4.69) is 25.6 Å². The third-order valence-electron chi connectivity index (χ3n) is 6.07. The number of nitrogen functional groups attached to an aromatic ring is 1. The van der Waals surface area contributed by atoms with Gasteiger partial charge in [-0.05, 0) is 38.3 Å². The van der Waals surface area contributed by atoms with E-state index in [0.717, 1.165) is 42.7 Å². The number of rotatable bonds is 5. The van der Waals surface area contributed by atoms with Crippen LogP contribution in [-0.2, 0) is 11.8 Å². The molecule has 3 aromatic rings. The first-order valence-electron chi connectivity index (χ1n) is 11.2. The van der Waals surface area contributed by atoms with Gasteiger partial charge in [-0.1, -0.05) is 17.4 Å². The fourth-order valence-electron chi connectivity index (χ4n) is 4.42. The molecule has 1 aromatic carbocycles. The van der Waals surface area contributed by atoms with E-state index in [-0.39, 0.29) is 32.7 Å². The van der Waals surface area contributed by atoms with Crippen LogP contribution in [0.1, 0.15) is 43.6 Å². The lowest BCUT2D eigenvalue weighted by atomic mass is 9.93. The molecule has 0 spiro atoms. The normalized spacial score (nSPS) is 18.3. The Bertz CT molecular complexity index is 1250. The van der Waals surface area contributed by atoms with Gasteiger partial charge in [0.05, 0.1) is 11.8 Å². The third kappa shape index (κ3) is 5.11. The van der Waals surface area contributed by atoms with Gasteiger partial charge in [-0.25, -0.2) is 13.8 Å². The number of amides is 2. The molecule has 1 fully saturated rings. The summed E-state index contributed by atoms with van der Waals surface area (Å²) in [4.78, 5) is 30.9. The number of nitrogens with one attached hydrogen (secondary N) is 2. The predicted octanol–water partition coefficient (Wildman–Crippen LogP) is 3.54. The zero-order valence-electron chi connectivity index (χ0n) is 19.7. The topological polar surface area (TPSA) is 118 Å². The number of nitrogens with two attached hydrogens (primary N) is 1. The van der Waals surface area contributed by atoms with Crippen molar-refractivity contribution in [1.82, 2.24) is 20.1 Å². The number of nitrogens with zero attached hydrogens (tertiary/aromatic N) is 4. The third-order valence-corrected chi connectivity index (χ3v) is 6.97. The van der Waals surface area contributed by atoms with Crippen LogP contribution in [0.5, 0.6) is 0 Å². The van der Waals surface area contributed by atoms with Crippen LogP contribution >= 0.6 is 11.3 Å². The number of anilines is 3. The molecule has 4 N–H and O–H groups in total. The van der Waals surface area contributed by atoms with Crippen LogP contribution in [0.25, 0.3) is 10.6 Å². The first-order chi connectivity index (χ1) is 16.6. The molecule has 2 aromatic heterocycles. The minimum Gasteiger partial charge on any atom is -0.389 e. The van der Waals surface area contributed by atoms with Gasteiger partial charge < -0.3 is 21.3 Å². The summed E-state index contributed by atoms with van der Waals surface area (Å²) in [5, 5.41) is 10.2. The van der Waals surface area contributed by atoms with Gasteiger partial charge in [0.15, 0.2) is 11.5 Å². The Morgan fingerprint density at radius 3 is 2.60 bits per heavy atom. The smallest absolute Gasteiger partial charge is 0.277 e. The highest BCUT2D eigenvalue weighted by Gasteiger charge is 2.31. The number of carbonyl (C=O) groups excluding carboxylic acids is 2. The van der Waals surface area contributed by atoms with Crippen LogP contribution < -0.4 is 21.3 Å². The first kappa shape index (κ1) is 24.6. The maximum absolute atomic E-state index is 14.2. The van der Waals surface area contributed by atoms with Gasteiger partial charge >= 0.3 is 0 Å². The van der Waals surface area contributed by atoms with Crippen molar-refractivity contribution in [2.45, 2.75) is 38.6 Å². The molecule has 1 saturated heterocycles. The second kappa shape index (κ2) is 9.61. The molecule has 1 atom stereocenters. The summed E-state index contributed by atoms with van der Waals surface area (Å²) in [5.41, 5.74) is 5.71. The number of halogens is 2. The van der Waals surface area contributed by atoms with Crippen LogP contribution in [0, 0.1) is 11.6 Å². The molecule has 186 valence electrons. The molecule has 0 aliphatic carbocycles. The van der Waals surface area contributed by atoms with Crippen LogP contribution in [-0.4, -0.2) is 45.2 Å². The zero-order chi connectivity index (χ0) is 25.3. The highest BCUT2D eigenvalue weighted by Crippen LogP contribution is 2.35. The predicted molar refractivity (Wildman–Crippen MR) is 131 cm³/mol. The molecule has 35 heavy (non-hydrogen) atoms. The molecular weight excluding hydrogens is 476 g/mol. The minimum atomic E-state index is -0.785. The van der Waals surface area contributed by atoms with E-state index in [1.165, 1.54) is 19.2 Å². The average Bonchev–Trinajstić information content (AvgIpc) is 3.26. The highest BCUT2D eigenvalue weighted by molar-refractivity contribution is 7.19. The molecule has 4 rings (SSSR count). The Labute approximate surface area is 205 Å². The van der Waals surface area contributed by atoms with Gasteiger partial charge in [0.25, 0.3) is 5.91 Å². The number of thiazole rings is 1. The molecule has 1 aliphatic rings. The van der Waals surface area contributed by atoms with Gasteiger partial charge in [-0.15, -0.1) is 0 Å². The lowest BCUT2D eigenvalue weighted by Crippen LogP contribution is -2.45. The molecule has 0 saturated carbocycles. The van der Waals surface area contributed by atoms with Gasteiger partial charge in [0.1, 0.15) is 27.3 Å². The standard InChI is InChI=1S/C23H27F2N7O2S/c1-13(33)30-23(2)8-5-10-32(11-9-23)22-16(12-27-31(22)3)28-20(34)18-19(26)35-21(29-18)17-14(24)6-4-7-15(17)25/h4,6-7,12H,5,8-11,26H2,1-3H3,(H,28,34)(H,30,33). The molecule has 2 amide bonds. The largest absolute Gasteiger partial charge is 0.389 e. The summed E-state index contributed by atoms with van der Waals surface area (Å²) in [6.07, 6.45) is 3.92. The minimum absolute atomic E-state index is 0.0144. The molecule has 3 heterocycles. The lowest BCUT2D eigenvalue weighted by molar-refractivity contribution is -0.120. The van der Waals surface area contributed by atoms with Gasteiger partial charge in [0.2, 0.25) is 5.91 Å². The molecule has 0 radical (unpaired) electrons. The fourth-order valence-corrected chi connectivity index (χ4v) is 5.30. The zero-order valence-corrected chi connectivity index (χ0v) is 20.5. The van der Waals surface area contributed by atoms with Crippen molar-refractivity contribution < 1.29 is 18.4 Å². The van der Waals surface area contributed by atoms with E-state index in [1.54, 1.807) is 11.7 Å². The van der Waals surface area contributed by atoms with Crippen LogP contribution in [0.3, 0.4) is 0 Å². The SMILES string of the molecule is CC(=O)NC1(C)CCCN(c2c(NC(=O)c3nc(-c4c(F)cccc4F)sc3N)cnn2C)CC1. The quantitative estimate of drug-likeness (QED) is 0.490. The Hall–Kier alpha value is -3.54. The Balaban J connectivity index is 1.56. The van der Waals surface area contributed by atoms with Gasteiger partial charge in [-0.3, -0.25) is 14.3 Å². The van der Waals surface area contributed by atoms with Crippen molar-refractivity contribution in [3.63, 3.8) is 0 Å². The van der Waals surface area contributed by atoms with Crippen LogP contribution in [0.2, 0.25) is 0 Å². The summed E-state index contributed by atoms with van der Waals surface area (Å²) in [5.74, 6) is -1.53. The number of benzene rings is 1. The van der Waals surface area contributed by atoms with Crippen molar-refractivity contribution in [3.8, 4) is 10.6 Å². The average molecular weight is 504 g/mol. The maximum Gasteiger partial charge on any atom is 0.277 e. The summed E-state index contributed by atoms with van der Waals surface area (Å²) < 4.78 is 30.0. The summed E-state index contributed by atoms with van der Waals surface area (Å²) in [6, 6.07) is 3.50. The van der Waals surface area contributed by atoms with Crippen molar-refractivity contribution >= 4 is 39.7 Å². The maximum atomic E-state index is 14.2. The monoisotopic (exact) mass is 503 g/mol. The number of aromatic nitrogens is 3. The molecule has 9 nitrogen and oxygen atoms in total. The van der Waals surface area contributed by atoms with Crippen molar-refractivity contribution in [3.05, 3.63) is 41.7 Å². The van der Waals surface area contributed by atoms with Crippen LogP contribution in [0.4, 0.5) is 25.3 Å². The number of hydrogen-bond acceptors (Lipinski definition) is 7. The fraction of sp³-hybridized carbons (Fsp3) is 0.391. The lowest BCUT2D eigenvalue weighted by Gasteiger charge is -2.29. The summed E-state index contributed by atoms with van der Waals surface area (Å²) in [6.45, 7) is 4.91. The van der Waals surface area contributed by atoms with E-state index < -0.39 is 17.5 Å². The summed E-state index contributed by atoms with van der Waals surface area (Å²) in [7, 11) is 1.78. The van der Waals surface area contributed by atoms with Crippen LogP contribution in [0.15, 0.2) is 24.4 Å². The van der Waals surface area contributed by atoms with Gasteiger partial charge in [-0.2, -0.15) is 5.10 Å². The van der Waals surface area contributed by atoms with Crippen molar-refractivity contribution in [1.29, 1.82) is 0 Å². The Kier molecular flexibility index (Phi) is 6.75. The van der Waals surface area contributed by atoms with E-state index in [1.807, 2.05) is 6.92 Å². The molecule has 1 aliphatic heterocycles. The molecule has 1 unspecified atom stereocenters. The van der Waals surface area contributed by atoms with Crippen molar-refractivity contribution in [2.75, 3.05) is 29.0 Å². The number of aryl methyl sites for hydroxylation is 1. The van der Waals surface area contributed by atoms with E-state index in [0.29, 0.717) is 24.6 Å². The Morgan fingerprint density at radius 1 is 1.20 bits per heavy atom.